The largest absolute Gasteiger partial charge is 0.508 e. The molecule has 0 amide bonds. The molecule has 0 saturated heterocycles. The predicted molar refractivity (Wildman–Crippen MR) is 91.4 cm³/mol. The average molecular weight is 340 g/mol. The van der Waals surface area contributed by atoms with Crippen molar-refractivity contribution < 1.29 is 24.1 Å². The average Bonchev–Trinajstić information content (AvgIpc) is 3.04. The highest BCUT2D eigenvalue weighted by molar-refractivity contribution is 5.91. The first-order chi connectivity index (χ1) is 12.1. The Kier molecular flexibility index (Phi) is 3.53. The summed E-state index contributed by atoms with van der Waals surface area (Å²) in [6.07, 6.45) is 1.49. The second-order valence-corrected chi connectivity index (χ2v) is 5.91. The van der Waals surface area contributed by atoms with E-state index < -0.39 is 5.63 Å². The van der Waals surface area contributed by atoms with Gasteiger partial charge in [0.15, 0.2) is 11.5 Å². The molecule has 0 saturated carbocycles. The van der Waals surface area contributed by atoms with Gasteiger partial charge in [-0.2, -0.15) is 0 Å². The van der Waals surface area contributed by atoms with Crippen molar-refractivity contribution in [2.45, 2.75) is 19.8 Å². The molecule has 3 aromatic rings. The van der Waals surface area contributed by atoms with E-state index in [-0.39, 0.29) is 29.4 Å². The fourth-order valence-corrected chi connectivity index (χ4v) is 3.04. The van der Waals surface area contributed by atoms with Crippen LogP contribution in [0.4, 0.5) is 0 Å². The Morgan fingerprint density at radius 1 is 1.08 bits per heavy atom. The summed E-state index contributed by atoms with van der Waals surface area (Å²) in [5, 5.41) is 21.1. The van der Waals surface area contributed by atoms with E-state index in [0.29, 0.717) is 34.4 Å². The number of benzene rings is 2. The van der Waals surface area contributed by atoms with E-state index in [9.17, 15) is 15.0 Å². The van der Waals surface area contributed by atoms with E-state index in [1.807, 2.05) is 6.92 Å². The summed E-state index contributed by atoms with van der Waals surface area (Å²) >= 11 is 0. The van der Waals surface area contributed by atoms with Crippen molar-refractivity contribution in [3.05, 3.63) is 46.3 Å². The number of ether oxygens (including phenoxy) is 2. The zero-order valence-corrected chi connectivity index (χ0v) is 13.5. The Balaban J connectivity index is 1.95. The van der Waals surface area contributed by atoms with Gasteiger partial charge in [0.2, 0.25) is 6.79 Å². The van der Waals surface area contributed by atoms with Gasteiger partial charge in [-0.3, -0.25) is 0 Å². The molecule has 0 unspecified atom stereocenters. The minimum absolute atomic E-state index is 0.0488. The molecule has 6 heteroatoms. The van der Waals surface area contributed by atoms with Gasteiger partial charge in [0, 0.05) is 6.07 Å². The molecular weight excluding hydrogens is 324 g/mol. The topological polar surface area (TPSA) is 89.1 Å². The van der Waals surface area contributed by atoms with Gasteiger partial charge in [0.25, 0.3) is 0 Å². The van der Waals surface area contributed by atoms with Crippen molar-refractivity contribution in [3.63, 3.8) is 0 Å². The third-order valence-electron chi connectivity index (χ3n) is 4.26. The summed E-state index contributed by atoms with van der Waals surface area (Å²) in [5.74, 6) is 0.965. The first kappa shape index (κ1) is 15.4. The number of rotatable bonds is 3. The third kappa shape index (κ3) is 2.46. The van der Waals surface area contributed by atoms with Crippen molar-refractivity contribution in [1.29, 1.82) is 0 Å². The van der Waals surface area contributed by atoms with Gasteiger partial charge in [0.05, 0.1) is 5.39 Å². The first-order valence-corrected chi connectivity index (χ1v) is 8.00. The molecule has 0 radical (unpaired) electrons. The van der Waals surface area contributed by atoms with Crippen LogP contribution in [0.2, 0.25) is 0 Å². The molecule has 4 rings (SSSR count). The number of aryl methyl sites for hydroxylation is 1. The van der Waals surface area contributed by atoms with Crippen LogP contribution in [0.15, 0.2) is 39.5 Å². The van der Waals surface area contributed by atoms with Gasteiger partial charge >= 0.3 is 5.63 Å². The summed E-state index contributed by atoms with van der Waals surface area (Å²) in [7, 11) is 0. The fourth-order valence-electron chi connectivity index (χ4n) is 3.04. The van der Waals surface area contributed by atoms with Crippen LogP contribution in [0.3, 0.4) is 0 Å². The van der Waals surface area contributed by atoms with Crippen molar-refractivity contribution in [2.24, 2.45) is 0 Å². The molecule has 0 bridgehead atoms. The minimum Gasteiger partial charge on any atom is -0.508 e. The standard InChI is InChI=1S/C19H16O6/c1-2-3-10-6-12-15(8-13(10)20)25-19(22)17(18(12)21)11-4-5-14-16(7-11)24-9-23-14/h4-8,20-21H,2-3,9H2,1H3. The van der Waals surface area contributed by atoms with Gasteiger partial charge in [-0.1, -0.05) is 19.4 Å². The highest BCUT2D eigenvalue weighted by Gasteiger charge is 2.21. The second-order valence-electron chi connectivity index (χ2n) is 5.91. The minimum atomic E-state index is -0.688. The number of hydrogen-bond donors (Lipinski definition) is 2. The lowest BCUT2D eigenvalue weighted by Crippen LogP contribution is -2.04. The van der Waals surface area contributed by atoms with Crippen molar-refractivity contribution in [2.75, 3.05) is 6.79 Å². The van der Waals surface area contributed by atoms with Gasteiger partial charge in [-0.05, 0) is 35.7 Å². The Morgan fingerprint density at radius 2 is 1.88 bits per heavy atom. The highest BCUT2D eigenvalue weighted by Crippen LogP contribution is 2.40. The molecule has 0 atom stereocenters. The number of hydrogen-bond acceptors (Lipinski definition) is 6. The SMILES string of the molecule is CCCc1cc2c(O)c(-c3ccc4c(c3)OCO4)c(=O)oc2cc1O. The summed E-state index contributed by atoms with van der Waals surface area (Å²) in [5.41, 5.74) is 0.674. The van der Waals surface area contributed by atoms with E-state index in [4.69, 9.17) is 13.9 Å². The monoisotopic (exact) mass is 340 g/mol. The second kappa shape index (κ2) is 5.73. The fraction of sp³-hybridized carbons (Fsp3) is 0.211. The van der Waals surface area contributed by atoms with Crippen LogP contribution < -0.4 is 15.1 Å². The summed E-state index contributed by atoms with van der Waals surface area (Å²) in [6.45, 7) is 2.11. The molecule has 2 heterocycles. The van der Waals surface area contributed by atoms with Crippen LogP contribution in [0.5, 0.6) is 23.0 Å². The molecule has 0 spiro atoms. The van der Waals surface area contributed by atoms with Crippen LogP contribution in [-0.4, -0.2) is 17.0 Å². The Labute approximate surface area is 142 Å². The molecule has 1 aliphatic rings. The summed E-state index contributed by atoms with van der Waals surface area (Å²) < 4.78 is 15.9. The number of aromatic hydroxyl groups is 2. The maximum absolute atomic E-state index is 12.4. The van der Waals surface area contributed by atoms with E-state index >= 15 is 0 Å². The summed E-state index contributed by atoms with van der Waals surface area (Å²) in [4.78, 5) is 12.4. The highest BCUT2D eigenvalue weighted by atomic mass is 16.7. The molecular formula is C19H16O6. The van der Waals surface area contributed by atoms with Crippen molar-refractivity contribution >= 4 is 11.0 Å². The van der Waals surface area contributed by atoms with Gasteiger partial charge in [0.1, 0.15) is 22.6 Å². The third-order valence-corrected chi connectivity index (χ3v) is 4.26. The molecule has 0 fully saturated rings. The molecule has 2 aromatic carbocycles. The maximum Gasteiger partial charge on any atom is 0.347 e. The zero-order valence-electron chi connectivity index (χ0n) is 13.5. The summed E-state index contributed by atoms with van der Waals surface area (Å²) in [6, 6.07) is 8.00. The zero-order chi connectivity index (χ0) is 17.6. The van der Waals surface area contributed by atoms with Crippen LogP contribution in [0, 0.1) is 0 Å². The molecule has 128 valence electrons. The molecule has 25 heavy (non-hydrogen) atoms. The van der Waals surface area contributed by atoms with Crippen molar-refractivity contribution in [1.82, 2.24) is 0 Å². The quantitative estimate of drug-likeness (QED) is 0.709. The van der Waals surface area contributed by atoms with Crippen LogP contribution in [0.1, 0.15) is 18.9 Å². The number of phenolic OH excluding ortho intramolecular Hbond substituents is 1. The smallest absolute Gasteiger partial charge is 0.347 e. The Hall–Kier alpha value is -3.15. The maximum atomic E-state index is 12.4. The lowest BCUT2D eigenvalue weighted by Gasteiger charge is -2.10. The molecule has 6 nitrogen and oxygen atoms in total. The molecule has 0 aliphatic carbocycles. The van der Waals surface area contributed by atoms with Crippen LogP contribution in [0.25, 0.3) is 22.1 Å². The van der Waals surface area contributed by atoms with Crippen LogP contribution >= 0.6 is 0 Å². The Bertz CT molecular complexity index is 1030. The van der Waals surface area contributed by atoms with Gasteiger partial charge in [-0.25, -0.2) is 4.79 Å². The van der Waals surface area contributed by atoms with E-state index in [1.54, 1.807) is 24.3 Å². The van der Waals surface area contributed by atoms with E-state index in [2.05, 4.69) is 0 Å². The molecule has 1 aromatic heterocycles. The predicted octanol–water partition coefficient (Wildman–Crippen LogP) is 3.55. The van der Waals surface area contributed by atoms with Crippen LogP contribution in [-0.2, 0) is 6.42 Å². The molecule has 1 aliphatic heterocycles. The number of phenols is 1. The normalized spacial score (nSPS) is 12.7. The van der Waals surface area contributed by atoms with E-state index in [0.717, 1.165) is 6.42 Å². The lowest BCUT2D eigenvalue weighted by molar-refractivity contribution is 0.174. The first-order valence-electron chi connectivity index (χ1n) is 8.00. The number of fused-ring (bicyclic) bond motifs is 2. The Morgan fingerprint density at radius 3 is 2.68 bits per heavy atom. The van der Waals surface area contributed by atoms with Crippen molar-refractivity contribution in [3.8, 4) is 34.1 Å². The lowest BCUT2D eigenvalue weighted by atomic mass is 10.0. The molecule has 2 N–H and O–H groups in total. The van der Waals surface area contributed by atoms with Gasteiger partial charge < -0.3 is 24.1 Å². The van der Waals surface area contributed by atoms with Gasteiger partial charge in [-0.15, -0.1) is 0 Å². The van der Waals surface area contributed by atoms with E-state index in [1.165, 1.54) is 6.07 Å².